The van der Waals surface area contributed by atoms with E-state index in [1.165, 1.54) is 11.3 Å². The van der Waals surface area contributed by atoms with Gasteiger partial charge in [0.1, 0.15) is 5.01 Å². The summed E-state index contributed by atoms with van der Waals surface area (Å²) in [5, 5.41) is 2.68. The molecule has 4 nitrogen and oxygen atoms in total. The van der Waals surface area contributed by atoms with Crippen LogP contribution in [0.15, 0.2) is 46.8 Å². The molecule has 94 valence electrons. The van der Waals surface area contributed by atoms with Gasteiger partial charge in [0.05, 0.1) is 11.3 Å². The van der Waals surface area contributed by atoms with Crippen LogP contribution in [0.3, 0.4) is 0 Å². The molecular formula is C14H11N3OS. The maximum Gasteiger partial charge on any atom is 0.258 e. The monoisotopic (exact) mass is 269 g/mol. The first kappa shape index (κ1) is 11.8. The van der Waals surface area contributed by atoms with E-state index in [1.54, 1.807) is 12.4 Å². The normalized spacial score (nSPS) is 10.6. The number of nitrogens with one attached hydrogen (secondary N) is 1. The zero-order valence-electron chi connectivity index (χ0n) is 10.3. The zero-order valence-corrected chi connectivity index (χ0v) is 11.1. The summed E-state index contributed by atoms with van der Waals surface area (Å²) in [5.41, 5.74) is 3.22. The highest BCUT2D eigenvalue weighted by atomic mass is 32.1. The molecular weight excluding hydrogens is 258 g/mol. The minimum atomic E-state index is -0.101. The Balaban J connectivity index is 2.04. The molecule has 3 heterocycles. The van der Waals surface area contributed by atoms with Gasteiger partial charge in [-0.2, -0.15) is 0 Å². The van der Waals surface area contributed by atoms with Gasteiger partial charge in [-0.3, -0.25) is 9.78 Å². The van der Waals surface area contributed by atoms with Gasteiger partial charge in [0.15, 0.2) is 0 Å². The van der Waals surface area contributed by atoms with E-state index in [-0.39, 0.29) is 5.56 Å². The number of H-pyrrole nitrogens is 1. The first-order chi connectivity index (χ1) is 9.24. The van der Waals surface area contributed by atoms with Crippen LogP contribution in [0.1, 0.15) is 5.69 Å². The third kappa shape index (κ3) is 2.32. The molecule has 0 bridgehead atoms. The predicted molar refractivity (Wildman–Crippen MR) is 76.1 cm³/mol. The van der Waals surface area contributed by atoms with Crippen molar-refractivity contribution in [2.75, 3.05) is 0 Å². The largest absolute Gasteiger partial charge is 0.326 e. The summed E-state index contributed by atoms with van der Waals surface area (Å²) >= 11 is 1.47. The second-order valence-corrected chi connectivity index (χ2v) is 5.02. The molecule has 0 saturated carbocycles. The zero-order chi connectivity index (χ0) is 13.2. The van der Waals surface area contributed by atoms with Crippen LogP contribution >= 0.6 is 11.3 Å². The molecule has 0 atom stereocenters. The first-order valence-electron chi connectivity index (χ1n) is 5.80. The molecule has 0 aromatic carbocycles. The standard InChI is InChI=1S/C14H11N3OS/c1-9-2-3-11(13(18)16-9)14-17-12(8-19-14)10-4-6-15-7-5-10/h2-8H,1H3,(H,16,18). The Morgan fingerprint density at radius 2 is 1.95 bits per heavy atom. The molecule has 0 spiro atoms. The van der Waals surface area contributed by atoms with E-state index in [0.717, 1.165) is 22.0 Å². The first-order valence-corrected chi connectivity index (χ1v) is 6.68. The van der Waals surface area contributed by atoms with Crippen LogP contribution in [0.2, 0.25) is 0 Å². The van der Waals surface area contributed by atoms with Crippen molar-refractivity contribution in [3.63, 3.8) is 0 Å². The summed E-state index contributed by atoms with van der Waals surface area (Å²) in [5.74, 6) is 0. The molecule has 0 aliphatic carbocycles. The molecule has 3 aromatic rings. The van der Waals surface area contributed by atoms with Gasteiger partial charge in [-0.15, -0.1) is 11.3 Å². The van der Waals surface area contributed by atoms with E-state index in [2.05, 4.69) is 15.0 Å². The molecule has 19 heavy (non-hydrogen) atoms. The summed E-state index contributed by atoms with van der Waals surface area (Å²) in [4.78, 5) is 23.2. The molecule has 0 aliphatic heterocycles. The van der Waals surface area contributed by atoms with Crippen molar-refractivity contribution < 1.29 is 0 Å². The fourth-order valence-corrected chi connectivity index (χ4v) is 2.64. The Kier molecular flexibility index (Phi) is 2.97. The molecule has 3 rings (SSSR count). The Labute approximate surface area is 113 Å². The van der Waals surface area contributed by atoms with E-state index in [0.29, 0.717) is 5.56 Å². The van der Waals surface area contributed by atoms with Gasteiger partial charge >= 0.3 is 0 Å². The summed E-state index contributed by atoms with van der Waals surface area (Å²) in [6.45, 7) is 1.86. The highest BCUT2D eigenvalue weighted by Gasteiger charge is 2.09. The average molecular weight is 269 g/mol. The molecule has 0 amide bonds. The molecule has 3 aromatic heterocycles. The third-order valence-electron chi connectivity index (χ3n) is 2.77. The minimum absolute atomic E-state index is 0.101. The lowest BCUT2D eigenvalue weighted by Crippen LogP contribution is -2.09. The van der Waals surface area contributed by atoms with Crippen molar-refractivity contribution in [3.05, 3.63) is 58.1 Å². The van der Waals surface area contributed by atoms with E-state index in [4.69, 9.17) is 0 Å². The number of rotatable bonds is 2. The SMILES string of the molecule is Cc1ccc(-c2nc(-c3ccncc3)cs2)c(=O)[nH]1. The topological polar surface area (TPSA) is 58.6 Å². The van der Waals surface area contributed by atoms with Gasteiger partial charge in [-0.05, 0) is 31.2 Å². The second-order valence-electron chi connectivity index (χ2n) is 4.16. The molecule has 0 unspecified atom stereocenters. The third-order valence-corrected chi connectivity index (χ3v) is 3.64. The smallest absolute Gasteiger partial charge is 0.258 e. The van der Waals surface area contributed by atoms with Crippen molar-refractivity contribution in [1.82, 2.24) is 15.0 Å². The maximum absolute atomic E-state index is 11.9. The number of hydrogen-bond donors (Lipinski definition) is 1. The van der Waals surface area contributed by atoms with Crippen LogP contribution < -0.4 is 5.56 Å². The minimum Gasteiger partial charge on any atom is -0.326 e. The molecule has 0 saturated heterocycles. The second kappa shape index (κ2) is 4.78. The van der Waals surface area contributed by atoms with Crippen molar-refractivity contribution in [3.8, 4) is 21.8 Å². The van der Waals surface area contributed by atoms with E-state index in [9.17, 15) is 4.79 Å². The number of hydrogen-bond acceptors (Lipinski definition) is 4. The number of aryl methyl sites for hydroxylation is 1. The van der Waals surface area contributed by atoms with Crippen molar-refractivity contribution in [2.45, 2.75) is 6.92 Å². The Bertz CT molecular complexity index is 762. The van der Waals surface area contributed by atoms with Gasteiger partial charge in [0.2, 0.25) is 0 Å². The van der Waals surface area contributed by atoms with Crippen LogP contribution in [-0.2, 0) is 0 Å². The van der Waals surface area contributed by atoms with Gasteiger partial charge in [-0.25, -0.2) is 4.98 Å². The van der Waals surface area contributed by atoms with Crippen LogP contribution in [0.25, 0.3) is 21.8 Å². The number of pyridine rings is 2. The molecule has 5 heteroatoms. The fourth-order valence-electron chi connectivity index (χ4n) is 1.79. The van der Waals surface area contributed by atoms with Crippen molar-refractivity contribution >= 4 is 11.3 Å². The Hall–Kier alpha value is -2.27. The highest BCUT2D eigenvalue weighted by molar-refractivity contribution is 7.13. The molecule has 1 N–H and O–H groups in total. The lowest BCUT2D eigenvalue weighted by molar-refractivity contribution is 1.14. The van der Waals surface area contributed by atoms with Crippen LogP contribution in [-0.4, -0.2) is 15.0 Å². The maximum atomic E-state index is 11.9. The predicted octanol–water partition coefficient (Wildman–Crippen LogP) is 2.87. The lowest BCUT2D eigenvalue weighted by atomic mass is 10.2. The van der Waals surface area contributed by atoms with Crippen molar-refractivity contribution in [1.29, 1.82) is 0 Å². The average Bonchev–Trinajstić information content (AvgIpc) is 2.89. The number of aromatic nitrogens is 3. The van der Waals surface area contributed by atoms with Gasteiger partial charge in [0, 0.05) is 29.0 Å². The fraction of sp³-hybridized carbons (Fsp3) is 0.0714. The van der Waals surface area contributed by atoms with Gasteiger partial charge in [0.25, 0.3) is 5.56 Å². The highest BCUT2D eigenvalue weighted by Crippen LogP contribution is 2.26. The van der Waals surface area contributed by atoms with Crippen LogP contribution in [0, 0.1) is 6.92 Å². The molecule has 0 radical (unpaired) electrons. The quantitative estimate of drug-likeness (QED) is 0.778. The summed E-state index contributed by atoms with van der Waals surface area (Å²) in [6, 6.07) is 7.49. The van der Waals surface area contributed by atoms with Gasteiger partial charge in [-0.1, -0.05) is 0 Å². The Morgan fingerprint density at radius 1 is 1.16 bits per heavy atom. The summed E-state index contributed by atoms with van der Waals surface area (Å²) in [7, 11) is 0. The Morgan fingerprint density at radius 3 is 2.68 bits per heavy atom. The summed E-state index contributed by atoms with van der Waals surface area (Å²) < 4.78 is 0. The molecule has 0 fully saturated rings. The van der Waals surface area contributed by atoms with E-state index in [1.807, 2.05) is 36.6 Å². The van der Waals surface area contributed by atoms with Crippen LogP contribution in [0.5, 0.6) is 0 Å². The molecule has 0 aliphatic rings. The van der Waals surface area contributed by atoms with E-state index >= 15 is 0 Å². The number of aromatic amines is 1. The lowest BCUT2D eigenvalue weighted by Gasteiger charge is -1.97. The number of thiazole rings is 1. The van der Waals surface area contributed by atoms with E-state index < -0.39 is 0 Å². The summed E-state index contributed by atoms with van der Waals surface area (Å²) in [6.07, 6.45) is 3.46. The number of nitrogens with zero attached hydrogens (tertiary/aromatic N) is 2. The van der Waals surface area contributed by atoms with Crippen LogP contribution in [0.4, 0.5) is 0 Å². The van der Waals surface area contributed by atoms with Gasteiger partial charge < -0.3 is 4.98 Å². The van der Waals surface area contributed by atoms with Crippen molar-refractivity contribution in [2.24, 2.45) is 0 Å².